The van der Waals surface area contributed by atoms with E-state index in [1.54, 1.807) is 0 Å². The van der Waals surface area contributed by atoms with Crippen LogP contribution in [0.2, 0.25) is 0 Å². The van der Waals surface area contributed by atoms with Crippen LogP contribution < -0.4 is 3.17 Å². The molecule has 1 aliphatic rings. The van der Waals surface area contributed by atoms with Crippen LogP contribution >= 0.6 is 0 Å². The molecule has 23 heavy (non-hydrogen) atoms. The first-order chi connectivity index (χ1) is 10.3. The molecule has 0 atom stereocenters. The van der Waals surface area contributed by atoms with Gasteiger partial charge in [0.15, 0.2) is 0 Å². The van der Waals surface area contributed by atoms with Crippen LogP contribution in [0.15, 0.2) is 25.8 Å². The van der Waals surface area contributed by atoms with E-state index in [1.165, 1.54) is 22.4 Å². The van der Waals surface area contributed by atoms with Crippen molar-refractivity contribution in [1.82, 2.24) is 0 Å². The molecule has 0 unspecified atom stereocenters. The Morgan fingerprint density at radius 1 is 0.783 bits per heavy atom. The van der Waals surface area contributed by atoms with Gasteiger partial charge in [-0.2, -0.15) is 0 Å². The first kappa shape index (κ1) is 18.6. The summed E-state index contributed by atoms with van der Waals surface area (Å²) in [5.74, 6) is 0. The van der Waals surface area contributed by atoms with E-state index in [1.807, 2.05) is 0 Å². The first-order valence-electron chi connectivity index (χ1n) is 8.13. The summed E-state index contributed by atoms with van der Waals surface area (Å²) in [6.45, 7) is 20.5. The number of hydrogen-bond acceptors (Lipinski definition) is 4. The second kappa shape index (κ2) is 5.95. The molecule has 0 amide bonds. The minimum absolute atomic E-state index is 0.0465. The third-order valence-electron chi connectivity index (χ3n) is 4.08. The quantitative estimate of drug-likeness (QED) is 0.552. The predicted octanol–water partition coefficient (Wildman–Crippen LogP) is 5.48. The minimum atomic E-state index is -0.927. The van der Waals surface area contributed by atoms with Gasteiger partial charge in [0.05, 0.1) is 0 Å². The normalized spacial score (nSPS) is 15.6. The molecule has 0 radical (unpaired) electrons. The first-order valence-corrected chi connectivity index (χ1v) is 10.4. The Balaban J connectivity index is 2.86. The van der Waals surface area contributed by atoms with E-state index in [0.717, 1.165) is 0 Å². The molecule has 5 heteroatoms. The fourth-order valence-corrected chi connectivity index (χ4v) is 4.14. The van der Waals surface area contributed by atoms with Gasteiger partial charge in [-0.1, -0.05) is 0 Å². The maximum absolute atomic E-state index is 4.30. The molecule has 0 fully saturated rings. The number of hydrogen-bond donors (Lipinski definition) is 0. The summed E-state index contributed by atoms with van der Waals surface area (Å²) in [6.07, 6.45) is 0. The monoisotopic (exact) mass is 422 g/mol. The van der Waals surface area contributed by atoms with Crippen molar-refractivity contribution in [2.45, 2.75) is 78.6 Å². The van der Waals surface area contributed by atoms with Gasteiger partial charge in [0.1, 0.15) is 0 Å². The number of anilines is 1. The Morgan fingerprint density at radius 3 is 1.57 bits per heavy atom. The van der Waals surface area contributed by atoms with Crippen LogP contribution in [0.3, 0.4) is 0 Å². The molecule has 4 nitrogen and oxygen atoms in total. The Kier molecular flexibility index (Phi) is 4.80. The van der Waals surface area contributed by atoms with Crippen LogP contribution in [-0.4, -0.2) is 21.7 Å². The zero-order valence-corrected chi connectivity index (χ0v) is 18.4. The summed E-state index contributed by atoms with van der Waals surface area (Å²) in [6, 6.07) is 4.74. The molecule has 1 aromatic carbocycles. The standard InChI is InChI=1S/C18H29N4.Sb/c1-16(2,3)12-10-13(17(4,5)6)15(20-22-21-19)14(11-12)18(7,8)9;/h10-11H,1-9H3;/q-1;+1. The Hall–Kier alpha value is -0.762. The molecule has 0 spiro atoms. The van der Waals surface area contributed by atoms with E-state index in [2.05, 4.69) is 91.3 Å². The van der Waals surface area contributed by atoms with Gasteiger partial charge in [-0.25, -0.2) is 0 Å². The zero-order chi connectivity index (χ0) is 17.6. The second-order valence-electron chi connectivity index (χ2n) is 9.32. The van der Waals surface area contributed by atoms with E-state index < -0.39 is 21.7 Å². The topological polar surface area (TPSA) is 40.3 Å². The van der Waals surface area contributed by atoms with E-state index in [9.17, 15) is 0 Å². The molecule has 2 rings (SSSR count). The van der Waals surface area contributed by atoms with Crippen molar-refractivity contribution in [3.05, 3.63) is 28.8 Å². The number of rotatable bonds is 1. The summed E-state index contributed by atoms with van der Waals surface area (Å²) >= 11 is -0.927. The van der Waals surface area contributed by atoms with Crippen molar-refractivity contribution in [2.24, 2.45) is 13.6 Å². The molecule has 0 bridgehead atoms. The van der Waals surface area contributed by atoms with Gasteiger partial charge >= 0.3 is 152 Å². The fourth-order valence-electron chi connectivity index (χ4n) is 2.65. The summed E-state index contributed by atoms with van der Waals surface area (Å²) in [5.41, 5.74) is 5.53. The van der Waals surface area contributed by atoms with Crippen LogP contribution in [0.25, 0.3) is 0 Å². The molecule has 0 saturated carbocycles. The second-order valence-corrected chi connectivity index (χ2v) is 11.4. The number of nitrogens with zero attached hydrogens (tertiary/aromatic N) is 4. The molecular weight excluding hydrogens is 394 g/mol. The van der Waals surface area contributed by atoms with Gasteiger partial charge in [0.25, 0.3) is 0 Å². The molecule has 0 aliphatic carbocycles. The van der Waals surface area contributed by atoms with Crippen molar-refractivity contribution < 1.29 is 0 Å². The zero-order valence-electron chi connectivity index (χ0n) is 15.9. The third-order valence-corrected chi connectivity index (χ3v) is 5.82. The molecule has 0 N–H and O–H groups in total. The van der Waals surface area contributed by atoms with Gasteiger partial charge in [0.2, 0.25) is 0 Å². The molecule has 1 aliphatic heterocycles. The van der Waals surface area contributed by atoms with Crippen LogP contribution in [-0.2, 0) is 16.2 Å². The van der Waals surface area contributed by atoms with Gasteiger partial charge in [0, 0.05) is 0 Å². The fraction of sp³-hybridized carbons (Fsp3) is 0.667. The van der Waals surface area contributed by atoms with Crippen molar-refractivity contribution in [3.8, 4) is 0 Å². The van der Waals surface area contributed by atoms with Crippen molar-refractivity contribution in [1.29, 1.82) is 0 Å². The van der Waals surface area contributed by atoms with E-state index in [-0.39, 0.29) is 16.2 Å². The van der Waals surface area contributed by atoms with Gasteiger partial charge in [-0.05, 0) is 0 Å². The van der Waals surface area contributed by atoms with E-state index in [4.69, 9.17) is 0 Å². The summed E-state index contributed by atoms with van der Waals surface area (Å²) in [5, 5.41) is 8.21. The Labute approximate surface area is 151 Å². The average Bonchev–Trinajstić information content (AvgIpc) is 2.87. The SMILES string of the molecule is CC(C)(C)c1cc(C(C)(C)C)c([N]2N=N[N]=[Sb]2)c(C(C)(C)C)c1. The maximum atomic E-state index is 4.30. The van der Waals surface area contributed by atoms with E-state index in [0.29, 0.717) is 0 Å². The van der Waals surface area contributed by atoms with Crippen LogP contribution in [0, 0.1) is 0 Å². The number of benzene rings is 1. The van der Waals surface area contributed by atoms with Crippen molar-refractivity contribution in [2.75, 3.05) is 3.17 Å². The molecule has 1 heterocycles. The van der Waals surface area contributed by atoms with Crippen molar-refractivity contribution >= 4 is 27.4 Å². The Morgan fingerprint density at radius 2 is 1.26 bits per heavy atom. The summed E-state index contributed by atoms with van der Waals surface area (Å²) in [4.78, 5) is 0. The summed E-state index contributed by atoms with van der Waals surface area (Å²) in [7, 11) is 0. The van der Waals surface area contributed by atoms with Gasteiger partial charge < -0.3 is 0 Å². The van der Waals surface area contributed by atoms with Gasteiger partial charge in [-0.15, -0.1) is 0 Å². The molecule has 0 aromatic heterocycles. The van der Waals surface area contributed by atoms with Crippen LogP contribution in [0.1, 0.15) is 79.0 Å². The van der Waals surface area contributed by atoms with Crippen LogP contribution in [0.5, 0.6) is 0 Å². The average molecular weight is 423 g/mol. The Bertz CT molecular complexity index is 608. The van der Waals surface area contributed by atoms with Crippen molar-refractivity contribution in [3.63, 3.8) is 0 Å². The molecular formula is C18H29N4Sb. The third kappa shape index (κ3) is 4.02. The summed E-state index contributed by atoms with van der Waals surface area (Å²) < 4.78 is 6.28. The van der Waals surface area contributed by atoms with E-state index >= 15 is 0 Å². The predicted molar refractivity (Wildman–Crippen MR) is 98.1 cm³/mol. The van der Waals surface area contributed by atoms with Gasteiger partial charge in [-0.3, -0.25) is 0 Å². The molecule has 126 valence electrons. The molecule has 0 saturated heterocycles. The van der Waals surface area contributed by atoms with Crippen LogP contribution in [0.4, 0.5) is 5.69 Å². The molecule has 1 aromatic rings.